The molecule has 0 aliphatic heterocycles. The van der Waals surface area contributed by atoms with Gasteiger partial charge in [-0.25, -0.2) is 4.98 Å². The summed E-state index contributed by atoms with van der Waals surface area (Å²) < 4.78 is 5.25. The Morgan fingerprint density at radius 3 is 3.00 bits per heavy atom. The zero-order valence-corrected chi connectivity index (χ0v) is 11.2. The third kappa shape index (κ3) is 2.94. The van der Waals surface area contributed by atoms with Crippen molar-refractivity contribution in [1.82, 2.24) is 10.3 Å². The second kappa shape index (κ2) is 5.16. The number of hydrogen-bond acceptors (Lipinski definition) is 4. The van der Waals surface area contributed by atoms with E-state index in [1.54, 1.807) is 24.2 Å². The highest BCUT2D eigenvalue weighted by Crippen LogP contribution is 2.29. The van der Waals surface area contributed by atoms with Gasteiger partial charge in [0.25, 0.3) is 5.22 Å². The number of aromatic nitrogens is 1. The van der Waals surface area contributed by atoms with Gasteiger partial charge in [-0.3, -0.25) is 0 Å². The molecular formula is C14H16N2OS. The fourth-order valence-corrected chi connectivity index (χ4v) is 2.60. The van der Waals surface area contributed by atoms with Gasteiger partial charge in [-0.15, -0.1) is 0 Å². The smallest absolute Gasteiger partial charge is 0.260 e. The molecule has 1 N–H and O–H groups in total. The topological polar surface area (TPSA) is 38.1 Å². The van der Waals surface area contributed by atoms with Gasteiger partial charge >= 0.3 is 0 Å². The van der Waals surface area contributed by atoms with E-state index in [1.807, 2.05) is 0 Å². The summed E-state index contributed by atoms with van der Waals surface area (Å²) in [5.74, 6) is 0. The summed E-state index contributed by atoms with van der Waals surface area (Å²) in [5.41, 5.74) is 2.62. The van der Waals surface area contributed by atoms with Crippen molar-refractivity contribution in [3.8, 4) is 0 Å². The monoisotopic (exact) mass is 260 g/mol. The third-order valence-electron chi connectivity index (χ3n) is 3.02. The Hall–Kier alpha value is -1.26. The third-order valence-corrected chi connectivity index (χ3v) is 4.07. The molecule has 0 spiro atoms. The van der Waals surface area contributed by atoms with Crippen molar-refractivity contribution in [2.45, 2.75) is 42.5 Å². The number of benzene rings is 1. The summed E-state index contributed by atoms with van der Waals surface area (Å²) in [4.78, 5) is 5.33. The van der Waals surface area contributed by atoms with E-state index in [0.717, 1.165) is 12.6 Å². The lowest BCUT2D eigenvalue weighted by molar-refractivity contribution is 0.454. The Morgan fingerprint density at radius 2 is 2.33 bits per heavy atom. The van der Waals surface area contributed by atoms with Crippen LogP contribution in [0.2, 0.25) is 0 Å². The summed E-state index contributed by atoms with van der Waals surface area (Å²) in [7, 11) is 0. The molecule has 0 bridgehead atoms. The molecule has 1 aliphatic rings. The van der Waals surface area contributed by atoms with Crippen LogP contribution in [0.4, 0.5) is 0 Å². The highest BCUT2D eigenvalue weighted by Gasteiger charge is 2.19. The molecule has 3 rings (SSSR count). The van der Waals surface area contributed by atoms with E-state index < -0.39 is 0 Å². The van der Waals surface area contributed by atoms with Gasteiger partial charge in [0, 0.05) is 17.5 Å². The van der Waals surface area contributed by atoms with Crippen LogP contribution in [0.25, 0.3) is 0 Å². The normalized spacial score (nSPS) is 14.9. The molecule has 4 heteroatoms. The van der Waals surface area contributed by atoms with Crippen molar-refractivity contribution < 1.29 is 4.42 Å². The molecule has 0 saturated heterocycles. The molecule has 1 fully saturated rings. The molecule has 2 aromatic rings. The lowest BCUT2D eigenvalue weighted by Crippen LogP contribution is -2.15. The quantitative estimate of drug-likeness (QED) is 0.894. The number of oxazole rings is 1. The molecule has 1 saturated carbocycles. The van der Waals surface area contributed by atoms with E-state index >= 15 is 0 Å². The lowest BCUT2D eigenvalue weighted by atomic mass is 10.1. The van der Waals surface area contributed by atoms with Crippen molar-refractivity contribution in [1.29, 1.82) is 0 Å². The summed E-state index contributed by atoms with van der Waals surface area (Å²) in [6.07, 6.45) is 5.94. The average molecular weight is 260 g/mol. The van der Waals surface area contributed by atoms with Gasteiger partial charge in [-0.05, 0) is 48.7 Å². The molecule has 1 aromatic carbocycles. The maximum atomic E-state index is 5.25. The van der Waals surface area contributed by atoms with Crippen molar-refractivity contribution in [3.63, 3.8) is 0 Å². The Kier molecular flexibility index (Phi) is 3.39. The van der Waals surface area contributed by atoms with Gasteiger partial charge < -0.3 is 9.73 Å². The van der Waals surface area contributed by atoms with E-state index in [9.17, 15) is 0 Å². The fourth-order valence-electron chi connectivity index (χ4n) is 1.84. The Bertz CT molecular complexity index is 521. The van der Waals surface area contributed by atoms with Crippen LogP contribution in [0.15, 0.2) is 45.2 Å². The Labute approximate surface area is 111 Å². The van der Waals surface area contributed by atoms with Crippen molar-refractivity contribution >= 4 is 11.8 Å². The van der Waals surface area contributed by atoms with E-state index in [4.69, 9.17) is 4.42 Å². The minimum Gasteiger partial charge on any atom is -0.440 e. The van der Waals surface area contributed by atoms with E-state index in [2.05, 4.69) is 35.4 Å². The van der Waals surface area contributed by atoms with Crippen LogP contribution >= 0.6 is 11.8 Å². The summed E-state index contributed by atoms with van der Waals surface area (Å²) >= 11 is 1.57. The molecule has 1 aromatic heterocycles. The van der Waals surface area contributed by atoms with Crippen LogP contribution in [0.5, 0.6) is 0 Å². The first kappa shape index (κ1) is 11.8. The predicted octanol–water partition coefficient (Wildman–Crippen LogP) is 3.39. The summed E-state index contributed by atoms with van der Waals surface area (Å²) in [6.45, 7) is 3.10. The predicted molar refractivity (Wildman–Crippen MR) is 71.7 cm³/mol. The van der Waals surface area contributed by atoms with Crippen LogP contribution in [0, 0.1) is 6.92 Å². The van der Waals surface area contributed by atoms with Gasteiger partial charge in [0.1, 0.15) is 6.26 Å². The zero-order valence-electron chi connectivity index (χ0n) is 10.3. The minimum atomic E-state index is 0.696. The zero-order chi connectivity index (χ0) is 12.4. The van der Waals surface area contributed by atoms with Gasteiger partial charge in [-0.2, -0.15) is 0 Å². The molecule has 0 atom stereocenters. The van der Waals surface area contributed by atoms with E-state index in [0.29, 0.717) is 5.22 Å². The molecule has 94 valence electrons. The fraction of sp³-hybridized carbons (Fsp3) is 0.357. The summed E-state index contributed by atoms with van der Waals surface area (Å²) in [6, 6.07) is 7.31. The summed E-state index contributed by atoms with van der Waals surface area (Å²) in [5, 5.41) is 4.22. The molecule has 18 heavy (non-hydrogen) atoms. The van der Waals surface area contributed by atoms with Gasteiger partial charge in [0.2, 0.25) is 0 Å². The molecule has 3 nitrogen and oxygen atoms in total. The highest BCUT2D eigenvalue weighted by molar-refractivity contribution is 7.99. The lowest BCUT2D eigenvalue weighted by Gasteiger charge is -2.07. The van der Waals surface area contributed by atoms with Crippen molar-refractivity contribution in [2.75, 3.05) is 0 Å². The Balaban J connectivity index is 1.67. The first-order chi connectivity index (χ1) is 8.81. The molecule has 1 heterocycles. The SMILES string of the molecule is Cc1cc(CNC2CC2)ccc1Sc1ncco1. The van der Waals surface area contributed by atoms with Crippen LogP contribution in [0.3, 0.4) is 0 Å². The number of hydrogen-bond donors (Lipinski definition) is 1. The number of aryl methyl sites for hydroxylation is 1. The number of rotatable bonds is 5. The van der Waals surface area contributed by atoms with Gasteiger partial charge in [-0.1, -0.05) is 12.1 Å². The molecule has 1 aliphatic carbocycles. The van der Waals surface area contributed by atoms with Crippen molar-refractivity contribution in [2.24, 2.45) is 0 Å². The highest BCUT2D eigenvalue weighted by atomic mass is 32.2. The minimum absolute atomic E-state index is 0.696. The molecule has 0 radical (unpaired) electrons. The first-order valence-corrected chi connectivity index (χ1v) is 7.03. The molecular weight excluding hydrogens is 244 g/mol. The van der Waals surface area contributed by atoms with E-state index in [-0.39, 0.29) is 0 Å². The Morgan fingerprint density at radius 1 is 1.44 bits per heavy atom. The van der Waals surface area contributed by atoms with Crippen LogP contribution in [-0.2, 0) is 6.54 Å². The second-order valence-electron chi connectivity index (χ2n) is 4.66. The largest absolute Gasteiger partial charge is 0.440 e. The van der Waals surface area contributed by atoms with Crippen LogP contribution in [-0.4, -0.2) is 11.0 Å². The second-order valence-corrected chi connectivity index (χ2v) is 5.65. The van der Waals surface area contributed by atoms with Crippen molar-refractivity contribution in [3.05, 3.63) is 41.8 Å². The first-order valence-electron chi connectivity index (χ1n) is 6.21. The maximum Gasteiger partial charge on any atom is 0.260 e. The van der Waals surface area contributed by atoms with Gasteiger partial charge in [0.15, 0.2) is 0 Å². The van der Waals surface area contributed by atoms with Crippen LogP contribution < -0.4 is 5.32 Å². The standard InChI is InChI=1S/C14H16N2OS/c1-10-8-11(9-16-12-3-4-12)2-5-13(10)18-14-15-6-7-17-14/h2,5-8,12,16H,3-4,9H2,1H3. The average Bonchev–Trinajstić information content (AvgIpc) is 3.06. The van der Waals surface area contributed by atoms with E-state index in [1.165, 1.54) is 28.9 Å². The maximum absolute atomic E-state index is 5.25. The molecule has 0 amide bonds. The van der Waals surface area contributed by atoms with Gasteiger partial charge in [0.05, 0.1) is 6.20 Å². The van der Waals surface area contributed by atoms with Crippen LogP contribution in [0.1, 0.15) is 24.0 Å². The number of nitrogens with zero attached hydrogens (tertiary/aromatic N) is 1. The number of nitrogens with one attached hydrogen (secondary N) is 1. The molecule has 0 unspecified atom stereocenters.